The van der Waals surface area contributed by atoms with Gasteiger partial charge in [0.1, 0.15) is 5.82 Å². The van der Waals surface area contributed by atoms with Crippen LogP contribution >= 0.6 is 0 Å². The molecule has 4 heteroatoms. The average Bonchev–Trinajstić information content (AvgIpc) is 2.33. The third-order valence-electron chi connectivity index (χ3n) is 3.59. The minimum atomic E-state index is 0.235. The standard InChI is InChI=1S/C13H17N3O/c14-9-11-2-6-15-12(8-11)16-10-13(5-7-17)3-1-4-13/h2,6,8,17H,1,3-5,7,10H2,(H,15,16). The van der Waals surface area contributed by atoms with Crippen molar-refractivity contribution in [3.05, 3.63) is 23.9 Å². The average molecular weight is 231 g/mol. The van der Waals surface area contributed by atoms with E-state index in [1.54, 1.807) is 18.3 Å². The molecule has 1 saturated carbocycles. The zero-order valence-corrected chi connectivity index (χ0v) is 9.82. The molecular weight excluding hydrogens is 214 g/mol. The molecule has 0 radical (unpaired) electrons. The molecule has 1 fully saturated rings. The van der Waals surface area contributed by atoms with Gasteiger partial charge in [-0.05, 0) is 36.8 Å². The van der Waals surface area contributed by atoms with Gasteiger partial charge in [-0.3, -0.25) is 0 Å². The monoisotopic (exact) mass is 231 g/mol. The maximum atomic E-state index is 9.06. The van der Waals surface area contributed by atoms with Crippen molar-refractivity contribution in [2.45, 2.75) is 25.7 Å². The van der Waals surface area contributed by atoms with Crippen molar-refractivity contribution in [1.29, 1.82) is 5.26 Å². The highest BCUT2D eigenvalue weighted by Crippen LogP contribution is 2.43. The first-order valence-electron chi connectivity index (χ1n) is 5.99. The minimum absolute atomic E-state index is 0.235. The largest absolute Gasteiger partial charge is 0.396 e. The van der Waals surface area contributed by atoms with E-state index in [1.165, 1.54) is 19.3 Å². The third-order valence-corrected chi connectivity index (χ3v) is 3.59. The van der Waals surface area contributed by atoms with Crippen LogP contribution in [0.15, 0.2) is 18.3 Å². The van der Waals surface area contributed by atoms with E-state index in [1.807, 2.05) is 0 Å². The smallest absolute Gasteiger partial charge is 0.127 e. The molecule has 90 valence electrons. The first-order chi connectivity index (χ1) is 8.28. The Balaban J connectivity index is 1.95. The Kier molecular flexibility index (Phi) is 3.60. The third kappa shape index (κ3) is 2.75. The first kappa shape index (κ1) is 11.9. The lowest BCUT2D eigenvalue weighted by Gasteiger charge is -2.41. The van der Waals surface area contributed by atoms with Gasteiger partial charge >= 0.3 is 0 Å². The number of rotatable bonds is 5. The van der Waals surface area contributed by atoms with Gasteiger partial charge in [-0.2, -0.15) is 5.26 Å². The van der Waals surface area contributed by atoms with Gasteiger partial charge in [0, 0.05) is 19.3 Å². The molecule has 1 heterocycles. The molecule has 0 unspecified atom stereocenters. The highest BCUT2D eigenvalue weighted by atomic mass is 16.3. The van der Waals surface area contributed by atoms with Crippen LogP contribution in [-0.4, -0.2) is 23.2 Å². The zero-order valence-electron chi connectivity index (χ0n) is 9.82. The number of pyridine rings is 1. The molecule has 17 heavy (non-hydrogen) atoms. The second kappa shape index (κ2) is 5.15. The maximum absolute atomic E-state index is 9.06. The Morgan fingerprint density at radius 3 is 2.94 bits per heavy atom. The molecule has 2 N–H and O–H groups in total. The Labute approximate surface area is 101 Å². The number of aliphatic hydroxyl groups is 1. The summed E-state index contributed by atoms with van der Waals surface area (Å²) in [6.07, 6.45) is 6.06. The van der Waals surface area contributed by atoms with Crippen molar-refractivity contribution in [3.8, 4) is 6.07 Å². The Morgan fingerprint density at radius 1 is 1.53 bits per heavy atom. The molecule has 0 amide bonds. The highest BCUT2D eigenvalue weighted by molar-refractivity contribution is 5.42. The summed E-state index contributed by atoms with van der Waals surface area (Å²) >= 11 is 0. The fraction of sp³-hybridized carbons (Fsp3) is 0.538. The van der Waals surface area contributed by atoms with Crippen molar-refractivity contribution in [1.82, 2.24) is 4.98 Å². The van der Waals surface area contributed by atoms with Crippen LogP contribution < -0.4 is 5.32 Å². The molecule has 1 aromatic rings. The molecule has 0 aromatic carbocycles. The van der Waals surface area contributed by atoms with E-state index >= 15 is 0 Å². The van der Waals surface area contributed by atoms with Gasteiger partial charge in [0.05, 0.1) is 11.6 Å². The summed E-state index contributed by atoms with van der Waals surface area (Å²) in [4.78, 5) is 4.18. The molecular formula is C13H17N3O. The Bertz CT molecular complexity index is 421. The van der Waals surface area contributed by atoms with Crippen LogP contribution in [0.4, 0.5) is 5.82 Å². The van der Waals surface area contributed by atoms with Gasteiger partial charge in [0.2, 0.25) is 0 Å². The molecule has 1 aliphatic carbocycles. The maximum Gasteiger partial charge on any atom is 0.127 e. The molecule has 0 saturated heterocycles. The molecule has 0 atom stereocenters. The van der Waals surface area contributed by atoms with E-state index < -0.39 is 0 Å². The van der Waals surface area contributed by atoms with E-state index in [4.69, 9.17) is 10.4 Å². The molecule has 4 nitrogen and oxygen atoms in total. The highest BCUT2D eigenvalue weighted by Gasteiger charge is 2.35. The number of nitrogens with zero attached hydrogens (tertiary/aromatic N) is 2. The fourth-order valence-corrected chi connectivity index (χ4v) is 2.30. The van der Waals surface area contributed by atoms with E-state index in [9.17, 15) is 0 Å². The van der Waals surface area contributed by atoms with Crippen molar-refractivity contribution in [3.63, 3.8) is 0 Å². The number of hydrogen-bond acceptors (Lipinski definition) is 4. The zero-order chi connectivity index (χ0) is 12.1. The lowest BCUT2D eigenvalue weighted by Crippen LogP contribution is -2.37. The predicted molar refractivity (Wildman–Crippen MR) is 65.4 cm³/mol. The van der Waals surface area contributed by atoms with E-state index in [2.05, 4.69) is 16.4 Å². The quantitative estimate of drug-likeness (QED) is 0.812. The van der Waals surface area contributed by atoms with Crippen LogP contribution in [0.25, 0.3) is 0 Å². The molecule has 0 bridgehead atoms. The second-order valence-electron chi connectivity index (χ2n) is 4.72. The van der Waals surface area contributed by atoms with Crippen molar-refractivity contribution < 1.29 is 5.11 Å². The van der Waals surface area contributed by atoms with Crippen LogP contribution in [0.3, 0.4) is 0 Å². The minimum Gasteiger partial charge on any atom is -0.396 e. The van der Waals surface area contributed by atoms with E-state index in [0.717, 1.165) is 18.8 Å². The van der Waals surface area contributed by atoms with Crippen LogP contribution in [0.2, 0.25) is 0 Å². The summed E-state index contributed by atoms with van der Waals surface area (Å²) in [7, 11) is 0. The topological polar surface area (TPSA) is 68.9 Å². The number of hydrogen-bond donors (Lipinski definition) is 2. The summed E-state index contributed by atoms with van der Waals surface area (Å²) in [6.45, 7) is 1.07. The lowest BCUT2D eigenvalue weighted by atomic mass is 9.67. The second-order valence-corrected chi connectivity index (χ2v) is 4.72. The number of nitriles is 1. The number of anilines is 1. The lowest BCUT2D eigenvalue weighted by molar-refractivity contribution is 0.102. The molecule has 1 aliphatic rings. The van der Waals surface area contributed by atoms with Crippen molar-refractivity contribution in [2.75, 3.05) is 18.5 Å². The van der Waals surface area contributed by atoms with Crippen LogP contribution in [0.1, 0.15) is 31.2 Å². The predicted octanol–water partition coefficient (Wildman–Crippen LogP) is 1.92. The van der Waals surface area contributed by atoms with E-state index in [0.29, 0.717) is 5.56 Å². The van der Waals surface area contributed by atoms with Gasteiger partial charge in [-0.25, -0.2) is 4.98 Å². The van der Waals surface area contributed by atoms with Gasteiger partial charge in [-0.1, -0.05) is 6.42 Å². The van der Waals surface area contributed by atoms with Gasteiger partial charge in [0.25, 0.3) is 0 Å². The fourth-order valence-electron chi connectivity index (χ4n) is 2.30. The summed E-state index contributed by atoms with van der Waals surface area (Å²) < 4.78 is 0. The SMILES string of the molecule is N#Cc1ccnc(NCC2(CCO)CCC2)c1. The summed E-state index contributed by atoms with van der Waals surface area (Å²) in [5, 5.41) is 21.1. The summed E-state index contributed by atoms with van der Waals surface area (Å²) in [5.74, 6) is 0.744. The van der Waals surface area contributed by atoms with Gasteiger partial charge in [0.15, 0.2) is 0 Å². The normalized spacial score (nSPS) is 16.9. The van der Waals surface area contributed by atoms with Crippen molar-refractivity contribution >= 4 is 5.82 Å². The molecule has 0 spiro atoms. The number of nitrogens with one attached hydrogen (secondary N) is 1. The first-order valence-corrected chi connectivity index (χ1v) is 5.99. The van der Waals surface area contributed by atoms with Gasteiger partial charge in [-0.15, -0.1) is 0 Å². The molecule has 2 rings (SSSR count). The van der Waals surface area contributed by atoms with E-state index in [-0.39, 0.29) is 12.0 Å². The Hall–Kier alpha value is -1.60. The van der Waals surface area contributed by atoms with Crippen molar-refractivity contribution in [2.24, 2.45) is 5.41 Å². The van der Waals surface area contributed by atoms with Gasteiger partial charge < -0.3 is 10.4 Å². The molecule has 1 aromatic heterocycles. The summed E-state index contributed by atoms with van der Waals surface area (Å²) in [5.41, 5.74) is 0.853. The van der Waals surface area contributed by atoms with Crippen LogP contribution in [0, 0.1) is 16.7 Å². The Morgan fingerprint density at radius 2 is 2.35 bits per heavy atom. The number of aromatic nitrogens is 1. The van der Waals surface area contributed by atoms with Crippen LogP contribution in [0.5, 0.6) is 0 Å². The number of aliphatic hydroxyl groups excluding tert-OH is 1. The summed E-state index contributed by atoms with van der Waals surface area (Å²) in [6, 6.07) is 5.55. The molecule has 0 aliphatic heterocycles. The van der Waals surface area contributed by atoms with Crippen LogP contribution in [-0.2, 0) is 0 Å².